The molecule has 0 bridgehead atoms. The third-order valence-electron chi connectivity index (χ3n) is 2.81. The smallest absolute Gasteiger partial charge is 0.0935 e. The molecule has 0 saturated carbocycles. The van der Waals surface area contributed by atoms with E-state index >= 15 is 0 Å². The van der Waals surface area contributed by atoms with E-state index in [0.717, 1.165) is 11.1 Å². The van der Waals surface area contributed by atoms with Gasteiger partial charge in [-0.1, -0.05) is 58.6 Å². The first-order valence-corrected chi connectivity index (χ1v) is 7.11. The second-order valence-electron chi connectivity index (χ2n) is 4.47. The van der Waals surface area contributed by atoms with Crippen LogP contribution < -0.4 is 5.43 Å². The Bertz CT molecular complexity index is 643. The fourth-order valence-corrected chi connectivity index (χ4v) is 2.69. The molecule has 0 aliphatic carbocycles. The number of halogens is 3. The van der Waals surface area contributed by atoms with E-state index in [9.17, 15) is 0 Å². The summed E-state index contributed by atoms with van der Waals surface area (Å²) in [5.74, 6) is 0. The van der Waals surface area contributed by atoms with Crippen LogP contribution in [0.15, 0.2) is 35.4 Å². The van der Waals surface area contributed by atoms with Gasteiger partial charge in [0.15, 0.2) is 0 Å². The second kappa shape index (κ2) is 6.49. The SMILES string of the molecule is Cc1ccc(C=NNc2c(Cl)cc(Cl)cc2Cl)c(C)c1. The summed E-state index contributed by atoms with van der Waals surface area (Å²) in [7, 11) is 0. The van der Waals surface area contributed by atoms with Crippen LogP contribution in [0, 0.1) is 13.8 Å². The van der Waals surface area contributed by atoms with E-state index in [4.69, 9.17) is 34.8 Å². The Kier molecular flexibility index (Phi) is 4.92. The molecule has 0 unspecified atom stereocenters. The number of hydrogen-bond acceptors (Lipinski definition) is 2. The number of hydrazone groups is 1. The molecule has 2 aromatic carbocycles. The number of anilines is 1. The molecule has 2 rings (SSSR count). The fraction of sp³-hybridized carbons (Fsp3) is 0.133. The summed E-state index contributed by atoms with van der Waals surface area (Å²) in [4.78, 5) is 0. The average Bonchev–Trinajstić information content (AvgIpc) is 2.34. The molecule has 5 heteroatoms. The van der Waals surface area contributed by atoms with Crippen LogP contribution in [-0.4, -0.2) is 6.21 Å². The predicted molar refractivity (Wildman–Crippen MR) is 88.6 cm³/mol. The lowest BCUT2D eigenvalue weighted by Gasteiger charge is -2.07. The van der Waals surface area contributed by atoms with E-state index in [1.165, 1.54) is 5.56 Å². The van der Waals surface area contributed by atoms with Crippen LogP contribution in [0.1, 0.15) is 16.7 Å². The minimum absolute atomic E-state index is 0.431. The summed E-state index contributed by atoms with van der Waals surface area (Å²) in [5, 5.41) is 5.52. The molecule has 104 valence electrons. The molecule has 0 amide bonds. The highest BCUT2D eigenvalue weighted by molar-refractivity contribution is 6.41. The number of rotatable bonds is 3. The van der Waals surface area contributed by atoms with Gasteiger partial charge < -0.3 is 0 Å². The Morgan fingerprint density at radius 1 is 1.00 bits per heavy atom. The van der Waals surface area contributed by atoms with Gasteiger partial charge in [0.1, 0.15) is 0 Å². The summed E-state index contributed by atoms with van der Waals surface area (Å²) in [5.41, 5.74) is 6.79. The summed E-state index contributed by atoms with van der Waals surface area (Å²) >= 11 is 18.0. The largest absolute Gasteiger partial charge is 0.275 e. The Labute approximate surface area is 133 Å². The zero-order chi connectivity index (χ0) is 14.7. The highest BCUT2D eigenvalue weighted by Gasteiger charge is 2.06. The van der Waals surface area contributed by atoms with Crippen molar-refractivity contribution < 1.29 is 0 Å². The first kappa shape index (κ1) is 15.2. The van der Waals surface area contributed by atoms with Gasteiger partial charge in [-0.25, -0.2) is 0 Å². The highest BCUT2D eigenvalue weighted by Crippen LogP contribution is 2.33. The van der Waals surface area contributed by atoms with E-state index in [1.807, 2.05) is 19.1 Å². The van der Waals surface area contributed by atoms with Crippen molar-refractivity contribution in [3.63, 3.8) is 0 Å². The van der Waals surface area contributed by atoms with E-state index in [0.29, 0.717) is 20.8 Å². The third kappa shape index (κ3) is 3.66. The van der Waals surface area contributed by atoms with Crippen LogP contribution in [0.3, 0.4) is 0 Å². The minimum atomic E-state index is 0.431. The van der Waals surface area contributed by atoms with Crippen LogP contribution >= 0.6 is 34.8 Å². The first-order valence-electron chi connectivity index (χ1n) is 5.98. The second-order valence-corrected chi connectivity index (χ2v) is 5.73. The normalized spacial score (nSPS) is 11.1. The average molecular weight is 328 g/mol. The topological polar surface area (TPSA) is 24.4 Å². The molecule has 20 heavy (non-hydrogen) atoms. The predicted octanol–water partition coefficient (Wildman–Crippen LogP) is 5.71. The number of nitrogens with zero attached hydrogens (tertiary/aromatic N) is 1. The Balaban J connectivity index is 2.18. The van der Waals surface area contributed by atoms with Crippen molar-refractivity contribution in [3.8, 4) is 0 Å². The molecule has 0 aliphatic heterocycles. The summed E-state index contributed by atoms with van der Waals surface area (Å²) in [6.07, 6.45) is 1.73. The molecule has 2 nitrogen and oxygen atoms in total. The van der Waals surface area contributed by atoms with Gasteiger partial charge in [0.25, 0.3) is 0 Å². The van der Waals surface area contributed by atoms with Crippen LogP contribution in [-0.2, 0) is 0 Å². The molecule has 2 aromatic rings. The van der Waals surface area contributed by atoms with Crippen molar-refractivity contribution in [1.29, 1.82) is 0 Å². The van der Waals surface area contributed by atoms with Crippen LogP contribution in [0.25, 0.3) is 0 Å². The Morgan fingerprint density at radius 2 is 1.65 bits per heavy atom. The molecule has 0 spiro atoms. The molecule has 0 radical (unpaired) electrons. The van der Waals surface area contributed by atoms with Gasteiger partial charge in [-0.3, -0.25) is 5.43 Å². The van der Waals surface area contributed by atoms with Crippen molar-refractivity contribution in [1.82, 2.24) is 0 Å². The third-order valence-corrected chi connectivity index (χ3v) is 3.63. The van der Waals surface area contributed by atoms with Gasteiger partial charge in [0.05, 0.1) is 21.9 Å². The van der Waals surface area contributed by atoms with E-state index < -0.39 is 0 Å². The lowest BCUT2D eigenvalue weighted by atomic mass is 10.1. The van der Waals surface area contributed by atoms with E-state index in [-0.39, 0.29) is 0 Å². The number of hydrogen-bond donors (Lipinski definition) is 1. The van der Waals surface area contributed by atoms with Gasteiger partial charge in [-0.2, -0.15) is 5.10 Å². The quantitative estimate of drug-likeness (QED) is 0.566. The van der Waals surface area contributed by atoms with Crippen LogP contribution in [0.2, 0.25) is 15.1 Å². The molecule has 0 fully saturated rings. The van der Waals surface area contributed by atoms with Crippen LogP contribution in [0.5, 0.6) is 0 Å². The Morgan fingerprint density at radius 3 is 2.25 bits per heavy atom. The molecule has 0 aromatic heterocycles. The zero-order valence-electron chi connectivity index (χ0n) is 11.0. The maximum atomic E-state index is 6.06. The lowest BCUT2D eigenvalue weighted by molar-refractivity contribution is 1.33. The van der Waals surface area contributed by atoms with Gasteiger partial charge >= 0.3 is 0 Å². The summed E-state index contributed by atoms with van der Waals surface area (Å²) in [6.45, 7) is 4.09. The minimum Gasteiger partial charge on any atom is -0.275 e. The van der Waals surface area contributed by atoms with Gasteiger partial charge in [0.2, 0.25) is 0 Å². The van der Waals surface area contributed by atoms with Crippen molar-refractivity contribution in [2.24, 2.45) is 5.10 Å². The van der Waals surface area contributed by atoms with E-state index in [2.05, 4.69) is 23.5 Å². The molecule has 0 aliphatic rings. The van der Waals surface area contributed by atoms with E-state index in [1.54, 1.807) is 18.3 Å². The van der Waals surface area contributed by atoms with Crippen molar-refractivity contribution in [2.45, 2.75) is 13.8 Å². The monoisotopic (exact) mass is 326 g/mol. The molecule has 0 atom stereocenters. The maximum absolute atomic E-state index is 6.06. The summed E-state index contributed by atoms with van der Waals surface area (Å²) in [6, 6.07) is 9.38. The Hall–Kier alpha value is -1.22. The fourth-order valence-electron chi connectivity index (χ4n) is 1.79. The van der Waals surface area contributed by atoms with Crippen LogP contribution in [0.4, 0.5) is 5.69 Å². The van der Waals surface area contributed by atoms with Gasteiger partial charge in [0, 0.05) is 5.02 Å². The zero-order valence-corrected chi connectivity index (χ0v) is 13.3. The molecular weight excluding hydrogens is 315 g/mol. The van der Waals surface area contributed by atoms with Gasteiger partial charge in [-0.15, -0.1) is 0 Å². The standard InChI is InChI=1S/C15H13Cl3N2/c1-9-3-4-11(10(2)5-9)8-19-20-15-13(17)6-12(16)7-14(15)18/h3-8,20H,1-2H3. The highest BCUT2D eigenvalue weighted by atomic mass is 35.5. The summed E-state index contributed by atoms with van der Waals surface area (Å²) < 4.78 is 0. The van der Waals surface area contributed by atoms with Crippen molar-refractivity contribution in [3.05, 3.63) is 62.1 Å². The van der Waals surface area contributed by atoms with Crippen molar-refractivity contribution >= 4 is 46.7 Å². The molecular formula is C15H13Cl3N2. The number of benzene rings is 2. The van der Waals surface area contributed by atoms with Gasteiger partial charge in [-0.05, 0) is 37.1 Å². The number of nitrogens with one attached hydrogen (secondary N) is 1. The number of aryl methyl sites for hydroxylation is 2. The molecule has 0 heterocycles. The first-order chi connectivity index (χ1) is 9.47. The molecule has 0 saturated heterocycles. The maximum Gasteiger partial charge on any atom is 0.0935 e. The lowest BCUT2D eigenvalue weighted by Crippen LogP contribution is -1.94. The molecule has 1 N–H and O–H groups in total. The van der Waals surface area contributed by atoms with Crippen molar-refractivity contribution in [2.75, 3.05) is 5.43 Å².